The lowest BCUT2D eigenvalue weighted by molar-refractivity contribution is -0.138. The molecule has 0 saturated carbocycles. The van der Waals surface area contributed by atoms with Crippen molar-refractivity contribution >= 4 is 23.7 Å². The number of ether oxygens (including phenoxy) is 1. The van der Waals surface area contributed by atoms with E-state index in [9.17, 15) is 19.5 Å². The molecule has 2 aromatic rings. The Balaban J connectivity index is 2.05. The van der Waals surface area contributed by atoms with Gasteiger partial charge < -0.3 is 20.3 Å². The second-order valence-electron chi connectivity index (χ2n) is 11.7. The lowest BCUT2D eigenvalue weighted by atomic mass is 9.63. The van der Waals surface area contributed by atoms with Gasteiger partial charge in [-0.2, -0.15) is 0 Å². The number of alkyl carbamates (subject to hydrolysis) is 1. The highest BCUT2D eigenvalue weighted by molar-refractivity contribution is 5.99. The monoisotopic (exact) mass is 496 g/mol. The largest absolute Gasteiger partial charge is 0.478 e. The van der Waals surface area contributed by atoms with Gasteiger partial charge in [0.25, 0.3) is 5.91 Å². The summed E-state index contributed by atoms with van der Waals surface area (Å²) in [4.78, 5) is 37.3. The molecule has 8 nitrogen and oxygen atoms in total. The second kappa shape index (κ2) is 9.24. The quantitative estimate of drug-likeness (QED) is 0.430. The Morgan fingerprint density at radius 2 is 1.44 bits per heavy atom. The Labute approximate surface area is 212 Å². The highest BCUT2D eigenvalue weighted by Gasteiger charge is 2.44. The summed E-state index contributed by atoms with van der Waals surface area (Å²) in [6.07, 6.45) is 0.967. The van der Waals surface area contributed by atoms with Gasteiger partial charge in [0.15, 0.2) is 0 Å². The van der Waals surface area contributed by atoms with Crippen molar-refractivity contribution in [2.45, 2.75) is 83.5 Å². The molecule has 0 fully saturated rings. The van der Waals surface area contributed by atoms with Crippen LogP contribution in [0.5, 0.6) is 0 Å². The number of carboxylic acids is 1. The van der Waals surface area contributed by atoms with Crippen molar-refractivity contribution in [2.75, 3.05) is 5.32 Å². The van der Waals surface area contributed by atoms with E-state index in [4.69, 9.17) is 9.84 Å². The summed E-state index contributed by atoms with van der Waals surface area (Å²) in [6.45, 7) is 13.6. The third kappa shape index (κ3) is 5.70. The van der Waals surface area contributed by atoms with Crippen LogP contribution in [-0.2, 0) is 26.1 Å². The normalized spacial score (nSPS) is 17.8. The molecule has 8 heteroatoms. The van der Waals surface area contributed by atoms with Gasteiger partial charge in [-0.15, -0.1) is 0 Å². The van der Waals surface area contributed by atoms with Gasteiger partial charge in [-0.25, -0.2) is 9.59 Å². The molecule has 2 aromatic carbocycles. The van der Waals surface area contributed by atoms with Crippen LogP contribution in [0.25, 0.3) is 0 Å². The van der Waals surface area contributed by atoms with E-state index in [0.29, 0.717) is 0 Å². The first-order chi connectivity index (χ1) is 16.4. The van der Waals surface area contributed by atoms with Gasteiger partial charge in [0.1, 0.15) is 5.60 Å². The fourth-order valence-electron chi connectivity index (χ4n) is 4.44. The van der Waals surface area contributed by atoms with E-state index in [2.05, 4.69) is 38.3 Å². The molecule has 2 amide bonds. The highest BCUT2D eigenvalue weighted by Crippen LogP contribution is 2.46. The number of aromatic carboxylic acids is 1. The molecule has 194 valence electrons. The number of nitrogens with one attached hydrogen (secondary N) is 2. The van der Waals surface area contributed by atoms with Crippen molar-refractivity contribution in [3.05, 3.63) is 64.7 Å². The number of benzene rings is 2. The number of carbonyl (C=O) groups is 3. The Morgan fingerprint density at radius 1 is 0.889 bits per heavy atom. The molecule has 0 bridgehead atoms. The average molecular weight is 497 g/mol. The van der Waals surface area contributed by atoms with E-state index in [1.54, 1.807) is 32.9 Å². The predicted molar refractivity (Wildman–Crippen MR) is 137 cm³/mol. The molecule has 1 unspecified atom stereocenters. The lowest BCUT2D eigenvalue weighted by Gasteiger charge is -2.42. The zero-order valence-corrected chi connectivity index (χ0v) is 22.0. The number of aliphatic hydroxyl groups is 1. The first-order valence-electron chi connectivity index (χ1n) is 12.0. The molecule has 0 aromatic heterocycles. The number of fused-ring (bicyclic) bond motifs is 1. The Morgan fingerprint density at radius 3 is 1.97 bits per heavy atom. The molecule has 0 aliphatic heterocycles. The van der Waals surface area contributed by atoms with Crippen LogP contribution < -0.4 is 10.6 Å². The van der Waals surface area contributed by atoms with E-state index in [-0.39, 0.29) is 27.6 Å². The predicted octanol–water partition coefficient (Wildman–Crippen LogP) is 5.04. The second-order valence-corrected chi connectivity index (χ2v) is 11.7. The van der Waals surface area contributed by atoms with Gasteiger partial charge in [0.05, 0.1) is 5.56 Å². The first kappa shape index (κ1) is 27.2. The minimum absolute atomic E-state index is 0.0506. The molecule has 1 atom stereocenters. The molecule has 0 saturated heterocycles. The third-order valence-electron chi connectivity index (χ3n) is 6.67. The van der Waals surface area contributed by atoms with E-state index in [1.165, 1.54) is 24.3 Å². The zero-order chi connectivity index (χ0) is 27.1. The van der Waals surface area contributed by atoms with E-state index >= 15 is 0 Å². The van der Waals surface area contributed by atoms with Crippen LogP contribution in [0.3, 0.4) is 0 Å². The number of amides is 2. The van der Waals surface area contributed by atoms with Crippen LogP contribution in [0.4, 0.5) is 10.5 Å². The summed E-state index contributed by atoms with van der Waals surface area (Å²) in [5.74, 6) is -2.01. The van der Waals surface area contributed by atoms with Crippen LogP contribution in [0.15, 0.2) is 42.5 Å². The SMILES string of the molecule is CC(C)(C)OC(=O)NC(O)(C(=O)Nc1ccc(C(=O)O)cc1)c1ccc2c(c1)C(C)(C)CCC2(C)C. The molecule has 1 aliphatic rings. The van der Waals surface area contributed by atoms with E-state index in [1.807, 2.05) is 6.07 Å². The number of anilines is 1. The van der Waals surface area contributed by atoms with Crippen molar-refractivity contribution in [3.63, 3.8) is 0 Å². The summed E-state index contributed by atoms with van der Waals surface area (Å²) >= 11 is 0. The number of hydrogen-bond donors (Lipinski definition) is 4. The average Bonchev–Trinajstić information content (AvgIpc) is 2.75. The van der Waals surface area contributed by atoms with Gasteiger partial charge >= 0.3 is 12.1 Å². The number of carboxylic acid groups (broad SMARTS) is 1. The van der Waals surface area contributed by atoms with Crippen LogP contribution in [-0.4, -0.2) is 33.8 Å². The topological polar surface area (TPSA) is 125 Å². The maximum atomic E-state index is 13.5. The third-order valence-corrected chi connectivity index (χ3v) is 6.67. The highest BCUT2D eigenvalue weighted by atomic mass is 16.6. The van der Waals surface area contributed by atoms with Crippen molar-refractivity contribution < 1.29 is 29.3 Å². The smallest absolute Gasteiger partial charge is 0.410 e. The van der Waals surface area contributed by atoms with Crippen LogP contribution in [0.1, 0.15) is 88.4 Å². The molecular weight excluding hydrogens is 460 g/mol. The Bertz CT molecular complexity index is 1180. The molecule has 4 N–H and O–H groups in total. The fraction of sp³-hybridized carbons (Fsp3) is 0.464. The molecule has 1 aliphatic carbocycles. The first-order valence-corrected chi connectivity index (χ1v) is 12.0. The maximum Gasteiger partial charge on any atom is 0.410 e. The van der Waals surface area contributed by atoms with Crippen LogP contribution >= 0.6 is 0 Å². The van der Waals surface area contributed by atoms with E-state index in [0.717, 1.165) is 24.0 Å². The standard InChI is InChI=1S/C28H36N2O6/c1-25(2,3)36-24(34)30-28(35,23(33)29-19-11-8-17(9-12-19)22(31)32)18-10-13-20-21(16-18)27(6,7)15-14-26(20,4)5/h8-13,16,35H,14-15H2,1-7H3,(H,29,33)(H,30,34)(H,31,32). The lowest BCUT2D eigenvalue weighted by Crippen LogP contribution is -2.55. The van der Waals surface area contributed by atoms with Gasteiger partial charge in [0.2, 0.25) is 5.72 Å². The Hall–Kier alpha value is -3.39. The summed E-state index contributed by atoms with van der Waals surface area (Å²) in [5, 5.41) is 25.8. The van der Waals surface area contributed by atoms with Gasteiger partial charge in [-0.05, 0) is 85.9 Å². The van der Waals surface area contributed by atoms with E-state index < -0.39 is 29.3 Å². The number of rotatable bonds is 5. The Kier molecular flexibility index (Phi) is 6.98. The summed E-state index contributed by atoms with van der Waals surface area (Å²) in [7, 11) is 0. The maximum absolute atomic E-state index is 13.5. The van der Waals surface area contributed by atoms with Gasteiger partial charge in [-0.1, -0.05) is 39.8 Å². The van der Waals surface area contributed by atoms with Crippen molar-refractivity contribution in [2.24, 2.45) is 0 Å². The minimum atomic E-state index is -2.46. The summed E-state index contributed by atoms with van der Waals surface area (Å²) < 4.78 is 5.33. The van der Waals surface area contributed by atoms with Gasteiger partial charge in [-0.3, -0.25) is 10.1 Å². The molecule has 0 spiro atoms. The van der Waals surface area contributed by atoms with Crippen molar-refractivity contribution in [1.29, 1.82) is 0 Å². The summed E-state index contributed by atoms with van der Waals surface area (Å²) in [5.41, 5.74) is -0.950. The van der Waals surface area contributed by atoms with Crippen molar-refractivity contribution in [1.82, 2.24) is 5.32 Å². The molecular formula is C28H36N2O6. The van der Waals surface area contributed by atoms with Crippen LogP contribution in [0.2, 0.25) is 0 Å². The molecule has 36 heavy (non-hydrogen) atoms. The van der Waals surface area contributed by atoms with Gasteiger partial charge in [0, 0.05) is 11.3 Å². The molecule has 0 heterocycles. The minimum Gasteiger partial charge on any atom is -0.478 e. The summed E-state index contributed by atoms with van der Waals surface area (Å²) in [6, 6.07) is 10.8. The van der Waals surface area contributed by atoms with Crippen molar-refractivity contribution in [3.8, 4) is 0 Å². The number of carbonyl (C=O) groups excluding carboxylic acids is 2. The number of hydrogen-bond acceptors (Lipinski definition) is 5. The zero-order valence-electron chi connectivity index (χ0n) is 22.0. The molecule has 3 rings (SSSR count). The van der Waals surface area contributed by atoms with Crippen LogP contribution in [0, 0.1) is 0 Å². The molecule has 0 radical (unpaired) electrons. The fourth-order valence-corrected chi connectivity index (χ4v) is 4.44.